The van der Waals surface area contributed by atoms with Crippen LogP contribution in [0.4, 0.5) is 10.2 Å². The van der Waals surface area contributed by atoms with Crippen molar-refractivity contribution < 1.29 is 4.39 Å². The molecule has 1 atom stereocenters. The Morgan fingerprint density at radius 1 is 1.23 bits per heavy atom. The highest BCUT2D eigenvalue weighted by Gasteiger charge is 2.25. The van der Waals surface area contributed by atoms with Gasteiger partial charge >= 0.3 is 0 Å². The highest BCUT2D eigenvalue weighted by Crippen LogP contribution is 2.20. The van der Waals surface area contributed by atoms with E-state index in [1.54, 1.807) is 12.3 Å². The molecule has 2 N–H and O–H groups in total. The van der Waals surface area contributed by atoms with Crippen molar-refractivity contribution in [1.82, 2.24) is 20.5 Å². The first-order valence-corrected chi connectivity index (χ1v) is 10.2. The number of halogens is 2. The van der Waals surface area contributed by atoms with E-state index in [2.05, 4.69) is 65.8 Å². The predicted octanol–water partition coefficient (Wildman–Crippen LogP) is 3.23. The molecule has 2 heterocycles. The zero-order valence-electron chi connectivity index (χ0n) is 17.9. The Balaban J connectivity index is 0.00000320. The van der Waals surface area contributed by atoms with E-state index in [9.17, 15) is 4.39 Å². The fourth-order valence-corrected chi connectivity index (χ4v) is 3.48. The summed E-state index contributed by atoms with van der Waals surface area (Å²) in [6.45, 7) is 5.87. The number of nitrogens with one attached hydrogen (secondary N) is 2. The molecule has 0 bridgehead atoms. The Hall–Kier alpha value is -1.94. The molecule has 0 spiro atoms. The standard InChI is InChI=1S/C22H31FN6.HI/c1-4-24-22(26-14-17-7-9-18(10-8-17)15-28(2)3)27-19-11-13-29(16-19)21-20(23)6-5-12-25-21;/h5-10,12,19H,4,11,13-16H2,1-3H3,(H2,24,26,27);1H. The molecule has 30 heavy (non-hydrogen) atoms. The lowest BCUT2D eigenvalue weighted by atomic mass is 10.1. The summed E-state index contributed by atoms with van der Waals surface area (Å²) in [7, 11) is 4.14. The van der Waals surface area contributed by atoms with Gasteiger partial charge < -0.3 is 20.4 Å². The zero-order valence-corrected chi connectivity index (χ0v) is 20.3. The molecule has 1 aromatic heterocycles. The van der Waals surface area contributed by atoms with Crippen LogP contribution in [0.5, 0.6) is 0 Å². The van der Waals surface area contributed by atoms with Crippen LogP contribution in [0, 0.1) is 5.82 Å². The number of hydrogen-bond acceptors (Lipinski definition) is 4. The van der Waals surface area contributed by atoms with Crippen LogP contribution < -0.4 is 15.5 Å². The van der Waals surface area contributed by atoms with Gasteiger partial charge in [-0.1, -0.05) is 24.3 Å². The van der Waals surface area contributed by atoms with Gasteiger partial charge in [0.15, 0.2) is 17.6 Å². The second kappa shape index (κ2) is 12.0. The van der Waals surface area contributed by atoms with Gasteiger partial charge in [-0.25, -0.2) is 14.4 Å². The molecule has 2 aromatic rings. The Morgan fingerprint density at radius 2 is 1.97 bits per heavy atom. The molecule has 0 radical (unpaired) electrons. The summed E-state index contributed by atoms with van der Waals surface area (Å²) in [5.41, 5.74) is 2.47. The van der Waals surface area contributed by atoms with Gasteiger partial charge in [0.05, 0.1) is 6.54 Å². The molecule has 1 aliphatic rings. The number of aromatic nitrogens is 1. The third-order valence-corrected chi connectivity index (χ3v) is 4.85. The van der Waals surface area contributed by atoms with Crippen LogP contribution in [0.2, 0.25) is 0 Å². The summed E-state index contributed by atoms with van der Waals surface area (Å²) in [5.74, 6) is 0.946. The Morgan fingerprint density at radius 3 is 2.63 bits per heavy atom. The second-order valence-electron chi connectivity index (χ2n) is 7.63. The number of hydrogen-bond donors (Lipinski definition) is 2. The van der Waals surface area contributed by atoms with Crippen LogP contribution in [-0.2, 0) is 13.1 Å². The fraction of sp³-hybridized carbons (Fsp3) is 0.455. The second-order valence-corrected chi connectivity index (χ2v) is 7.63. The molecule has 0 amide bonds. The maximum atomic E-state index is 14.0. The highest BCUT2D eigenvalue weighted by molar-refractivity contribution is 14.0. The maximum absolute atomic E-state index is 14.0. The molecule has 1 aromatic carbocycles. The smallest absolute Gasteiger partial charge is 0.191 e. The van der Waals surface area contributed by atoms with Gasteiger partial charge in [-0.3, -0.25) is 0 Å². The van der Waals surface area contributed by atoms with E-state index in [-0.39, 0.29) is 35.8 Å². The van der Waals surface area contributed by atoms with E-state index in [0.717, 1.165) is 32.0 Å². The van der Waals surface area contributed by atoms with E-state index >= 15 is 0 Å². The van der Waals surface area contributed by atoms with Crippen molar-refractivity contribution >= 4 is 35.8 Å². The SMILES string of the molecule is CCNC(=NCc1ccc(CN(C)C)cc1)NC1CCN(c2ncccc2F)C1.I. The summed E-state index contributed by atoms with van der Waals surface area (Å²) in [6.07, 6.45) is 2.55. The van der Waals surface area contributed by atoms with Crippen LogP contribution in [0.3, 0.4) is 0 Å². The van der Waals surface area contributed by atoms with Gasteiger partial charge in [-0.2, -0.15) is 0 Å². The largest absolute Gasteiger partial charge is 0.357 e. The number of pyridine rings is 1. The van der Waals surface area contributed by atoms with Crippen molar-refractivity contribution in [1.29, 1.82) is 0 Å². The lowest BCUT2D eigenvalue weighted by Gasteiger charge is -2.20. The minimum absolute atomic E-state index is 0. The number of nitrogens with zero attached hydrogens (tertiary/aromatic N) is 4. The van der Waals surface area contributed by atoms with E-state index in [1.807, 2.05) is 4.90 Å². The number of anilines is 1. The molecular weight excluding hydrogens is 494 g/mol. The molecule has 0 aliphatic carbocycles. The topological polar surface area (TPSA) is 55.8 Å². The van der Waals surface area contributed by atoms with Crippen molar-refractivity contribution in [2.24, 2.45) is 4.99 Å². The summed E-state index contributed by atoms with van der Waals surface area (Å²) in [6, 6.07) is 11.9. The van der Waals surface area contributed by atoms with Crippen molar-refractivity contribution in [2.45, 2.75) is 32.5 Å². The normalized spacial score (nSPS) is 16.5. The molecule has 1 fully saturated rings. The predicted molar refractivity (Wildman–Crippen MR) is 132 cm³/mol. The minimum atomic E-state index is -0.272. The molecule has 1 unspecified atom stereocenters. The Kier molecular flexibility index (Phi) is 9.77. The maximum Gasteiger partial charge on any atom is 0.191 e. The van der Waals surface area contributed by atoms with Crippen LogP contribution in [0.15, 0.2) is 47.6 Å². The first-order chi connectivity index (χ1) is 14.0. The molecule has 3 rings (SSSR count). The summed E-state index contributed by atoms with van der Waals surface area (Å²) in [4.78, 5) is 13.1. The van der Waals surface area contributed by atoms with Crippen LogP contribution in [0.25, 0.3) is 0 Å². The molecule has 0 saturated carbocycles. The molecule has 1 aliphatic heterocycles. The number of rotatable bonds is 7. The summed E-state index contributed by atoms with van der Waals surface area (Å²) < 4.78 is 14.0. The first-order valence-electron chi connectivity index (χ1n) is 10.2. The van der Waals surface area contributed by atoms with Crippen molar-refractivity contribution in [3.8, 4) is 0 Å². The van der Waals surface area contributed by atoms with E-state index in [4.69, 9.17) is 4.99 Å². The van der Waals surface area contributed by atoms with Crippen LogP contribution in [0.1, 0.15) is 24.5 Å². The van der Waals surface area contributed by atoms with E-state index < -0.39 is 0 Å². The number of aliphatic imine (C=N–C) groups is 1. The van der Waals surface area contributed by atoms with Crippen LogP contribution >= 0.6 is 24.0 Å². The first kappa shape index (κ1) is 24.3. The molecule has 8 heteroatoms. The monoisotopic (exact) mass is 526 g/mol. The Labute approximate surface area is 196 Å². The summed E-state index contributed by atoms with van der Waals surface area (Å²) >= 11 is 0. The lowest BCUT2D eigenvalue weighted by molar-refractivity contribution is 0.402. The average molecular weight is 526 g/mol. The van der Waals surface area contributed by atoms with Gasteiger partial charge in [0.2, 0.25) is 0 Å². The van der Waals surface area contributed by atoms with Crippen LogP contribution in [-0.4, -0.2) is 55.6 Å². The highest BCUT2D eigenvalue weighted by atomic mass is 127. The fourth-order valence-electron chi connectivity index (χ4n) is 3.48. The van der Waals surface area contributed by atoms with Gasteiger partial charge in [0.1, 0.15) is 0 Å². The van der Waals surface area contributed by atoms with E-state index in [1.165, 1.54) is 17.2 Å². The third kappa shape index (κ3) is 7.09. The van der Waals surface area contributed by atoms with Crippen molar-refractivity contribution in [3.05, 3.63) is 59.5 Å². The minimum Gasteiger partial charge on any atom is -0.357 e. The van der Waals surface area contributed by atoms with Crippen molar-refractivity contribution in [2.75, 3.05) is 38.6 Å². The molecule has 6 nitrogen and oxygen atoms in total. The summed E-state index contributed by atoms with van der Waals surface area (Å²) in [5, 5.41) is 6.79. The molecule has 164 valence electrons. The molecule has 1 saturated heterocycles. The average Bonchev–Trinajstić information content (AvgIpc) is 3.15. The van der Waals surface area contributed by atoms with Gasteiger partial charge in [0.25, 0.3) is 0 Å². The van der Waals surface area contributed by atoms with Gasteiger partial charge in [-0.05, 0) is 50.7 Å². The zero-order chi connectivity index (χ0) is 20.6. The Bertz CT molecular complexity index is 812. The quantitative estimate of drug-likeness (QED) is 0.330. The lowest BCUT2D eigenvalue weighted by Crippen LogP contribution is -2.44. The van der Waals surface area contributed by atoms with E-state index in [0.29, 0.717) is 18.9 Å². The third-order valence-electron chi connectivity index (χ3n) is 4.85. The molecular formula is C22H32FIN6. The number of guanidine groups is 1. The van der Waals surface area contributed by atoms with Gasteiger partial charge in [-0.15, -0.1) is 24.0 Å². The number of benzene rings is 1. The van der Waals surface area contributed by atoms with Crippen molar-refractivity contribution in [3.63, 3.8) is 0 Å². The van der Waals surface area contributed by atoms with Gasteiger partial charge in [0, 0.05) is 38.4 Å².